The molecule has 4 aromatic heterocycles. The first-order valence-corrected chi connectivity index (χ1v) is 21.6. The van der Waals surface area contributed by atoms with E-state index in [2.05, 4.69) is 144 Å². The minimum absolute atomic E-state index is 0. The Kier molecular flexibility index (Phi) is 12.5. The molecule has 4 heterocycles. The summed E-state index contributed by atoms with van der Waals surface area (Å²) in [6.07, 6.45) is 6.13. The van der Waals surface area contributed by atoms with Crippen molar-refractivity contribution in [1.29, 1.82) is 0 Å². The second kappa shape index (κ2) is 16.6. The smallest absolute Gasteiger partial charge is 0.216 e. The Morgan fingerprint density at radius 2 is 1.46 bits per heavy atom. The predicted octanol–water partition coefficient (Wildman–Crippen LogP) is 11.6. The molecule has 7 aromatic rings. The number of fused-ring (bicyclic) bond motifs is 3. The molecule has 52 heavy (non-hydrogen) atoms. The van der Waals surface area contributed by atoms with Crippen LogP contribution in [0.3, 0.4) is 0 Å². The van der Waals surface area contributed by atoms with E-state index in [4.69, 9.17) is 9.40 Å². The Bertz CT molecular complexity index is 2270. The second-order valence-electron chi connectivity index (χ2n) is 15.5. The first-order valence-electron chi connectivity index (χ1n) is 18.1. The summed E-state index contributed by atoms with van der Waals surface area (Å²) in [6, 6.07) is 35.7. The van der Waals surface area contributed by atoms with Crippen molar-refractivity contribution in [2.24, 2.45) is 11.8 Å². The fourth-order valence-electron chi connectivity index (χ4n) is 6.86. The number of nitrogens with zero attached hydrogens (tertiary/aromatic N) is 3. The Morgan fingerprint density at radius 1 is 0.712 bits per heavy atom. The third kappa shape index (κ3) is 8.86. The molecular weight excluding hydrogens is 831 g/mol. The summed E-state index contributed by atoms with van der Waals surface area (Å²) in [5, 5.41) is 3.55. The molecule has 0 fully saturated rings. The molecule has 3 aromatic carbocycles. The van der Waals surface area contributed by atoms with Crippen LogP contribution in [0.2, 0.25) is 19.6 Å². The van der Waals surface area contributed by atoms with Gasteiger partial charge in [-0.25, -0.2) is 4.98 Å². The van der Waals surface area contributed by atoms with E-state index >= 15 is 0 Å². The molecule has 1 radical (unpaired) electrons. The van der Waals surface area contributed by atoms with Gasteiger partial charge in [-0.1, -0.05) is 99.7 Å². The zero-order chi connectivity index (χ0) is 36.3. The molecule has 0 aliphatic rings. The average Bonchev–Trinajstić information content (AvgIpc) is 3.46. The van der Waals surface area contributed by atoms with Crippen molar-refractivity contribution in [2.45, 2.75) is 74.0 Å². The van der Waals surface area contributed by atoms with Crippen molar-refractivity contribution in [3.8, 4) is 33.8 Å². The number of hydrogen-bond acceptors (Lipinski definition) is 4. The Morgan fingerprint density at radius 3 is 2.13 bits per heavy atom. The minimum Gasteiger partial charge on any atom is -0.486 e. The molecule has 0 bridgehead atoms. The van der Waals surface area contributed by atoms with Crippen molar-refractivity contribution in [3.63, 3.8) is 0 Å². The zero-order valence-corrected chi connectivity index (χ0v) is 35.3. The maximum atomic E-state index is 6.32. The molecule has 0 aliphatic carbocycles. The van der Waals surface area contributed by atoms with Crippen molar-refractivity contribution in [3.05, 3.63) is 132 Å². The number of rotatable bonds is 8. The van der Waals surface area contributed by atoms with E-state index in [1.165, 1.54) is 33.0 Å². The Hall–Kier alpha value is -4.22. The average molecular weight is 880 g/mol. The van der Waals surface area contributed by atoms with Crippen LogP contribution in [0.4, 0.5) is 0 Å². The third-order valence-electron chi connectivity index (χ3n) is 9.17. The number of aryl methyl sites for hydroxylation is 2. The van der Waals surface area contributed by atoms with E-state index in [1.807, 2.05) is 36.5 Å². The van der Waals surface area contributed by atoms with Crippen LogP contribution >= 0.6 is 0 Å². The van der Waals surface area contributed by atoms with Gasteiger partial charge in [-0.3, -0.25) is 0 Å². The van der Waals surface area contributed by atoms with Crippen molar-refractivity contribution in [2.75, 3.05) is 0 Å². The van der Waals surface area contributed by atoms with Crippen LogP contribution in [0.15, 0.2) is 102 Å². The standard InChI is InChI=1S/C28H25N2O.C18H24NSi.Ir/c1-17(2)15-20-13-14-29-25(16-20)23-10-6-9-21-22-11-12-24(30-28(22)31-27(21)23)26-18(3)7-5-8-19(26)4;1-14(2)11-16-12-17(15-9-7-6-8-10-15)19-13-18(16)20(3,4)5;/h5-9,11-14,16-17H,15H2,1-4H3;6-9,12-14H,11H2,1-5H3;/q2*-1;. The monoisotopic (exact) mass is 880 g/mol. The Labute approximate surface area is 324 Å². The summed E-state index contributed by atoms with van der Waals surface area (Å²) in [5.41, 5.74) is 12.6. The summed E-state index contributed by atoms with van der Waals surface area (Å²) < 4.78 is 6.32. The summed E-state index contributed by atoms with van der Waals surface area (Å²) in [4.78, 5) is 14.2. The largest absolute Gasteiger partial charge is 0.486 e. The number of pyridine rings is 3. The third-order valence-corrected chi connectivity index (χ3v) is 11.2. The van der Waals surface area contributed by atoms with Gasteiger partial charge in [0.1, 0.15) is 0 Å². The molecule has 0 saturated carbocycles. The predicted molar refractivity (Wildman–Crippen MR) is 217 cm³/mol. The summed E-state index contributed by atoms with van der Waals surface area (Å²) >= 11 is 0. The fraction of sp³-hybridized carbons (Fsp3) is 0.283. The molecule has 0 aliphatic heterocycles. The Balaban J connectivity index is 0.000000217. The second-order valence-corrected chi connectivity index (χ2v) is 20.6. The van der Waals surface area contributed by atoms with Crippen LogP contribution in [-0.2, 0) is 32.9 Å². The fourth-order valence-corrected chi connectivity index (χ4v) is 8.45. The molecule has 0 saturated heterocycles. The molecule has 269 valence electrons. The van der Waals surface area contributed by atoms with Crippen molar-refractivity contribution in [1.82, 2.24) is 15.0 Å². The van der Waals surface area contributed by atoms with E-state index in [0.29, 0.717) is 17.5 Å². The zero-order valence-electron chi connectivity index (χ0n) is 31.9. The van der Waals surface area contributed by atoms with Gasteiger partial charge < -0.3 is 14.4 Å². The maximum absolute atomic E-state index is 6.32. The van der Waals surface area contributed by atoms with E-state index in [9.17, 15) is 0 Å². The van der Waals surface area contributed by atoms with Crippen LogP contribution < -0.4 is 5.19 Å². The van der Waals surface area contributed by atoms with E-state index in [-0.39, 0.29) is 20.1 Å². The van der Waals surface area contributed by atoms with E-state index < -0.39 is 8.07 Å². The number of hydrogen-bond donors (Lipinski definition) is 0. The molecule has 0 amide bonds. The van der Waals surface area contributed by atoms with Crippen molar-refractivity contribution >= 4 is 35.3 Å². The van der Waals surface area contributed by atoms with Crippen LogP contribution in [0.1, 0.15) is 49.9 Å². The summed E-state index contributed by atoms with van der Waals surface area (Å²) in [5.74, 6) is 1.26. The normalized spacial score (nSPS) is 11.5. The van der Waals surface area contributed by atoms with Gasteiger partial charge in [0.05, 0.1) is 19.4 Å². The summed E-state index contributed by atoms with van der Waals surface area (Å²) in [7, 11) is -1.34. The molecule has 0 N–H and O–H groups in total. The molecular formula is C46H49IrN3OSi-2. The van der Waals surface area contributed by atoms with Crippen LogP contribution in [0, 0.1) is 37.8 Å². The van der Waals surface area contributed by atoms with Crippen LogP contribution in [0.25, 0.3) is 55.8 Å². The SMILES string of the molecule is CC(C)Cc1cc(-c2[c-]cccc2)ncc1[Si](C)(C)C.Cc1cccc(C)c1-c1ccc2c(n1)oc1c(-c3cc(CC(C)C)ccn3)[c-]ccc12.[Ir]. The van der Waals surface area contributed by atoms with Gasteiger partial charge in [-0.15, -0.1) is 54.1 Å². The molecule has 0 spiro atoms. The first-order chi connectivity index (χ1) is 24.4. The van der Waals surface area contributed by atoms with Gasteiger partial charge in [0.15, 0.2) is 0 Å². The maximum Gasteiger partial charge on any atom is 0.216 e. The van der Waals surface area contributed by atoms with Crippen LogP contribution in [-0.4, -0.2) is 23.0 Å². The van der Waals surface area contributed by atoms with Gasteiger partial charge in [0, 0.05) is 43.4 Å². The number of aromatic nitrogens is 3. The quantitative estimate of drug-likeness (QED) is 0.113. The van der Waals surface area contributed by atoms with E-state index in [0.717, 1.165) is 57.4 Å². The molecule has 0 atom stereocenters. The van der Waals surface area contributed by atoms with Gasteiger partial charge in [-0.2, -0.15) is 0 Å². The van der Waals surface area contributed by atoms with Gasteiger partial charge >= 0.3 is 0 Å². The van der Waals surface area contributed by atoms with Gasteiger partial charge in [-0.05, 0) is 84.4 Å². The topological polar surface area (TPSA) is 51.8 Å². The molecule has 6 heteroatoms. The molecule has 4 nitrogen and oxygen atoms in total. The summed E-state index contributed by atoms with van der Waals surface area (Å²) in [6.45, 7) is 20.4. The number of benzene rings is 3. The van der Waals surface area contributed by atoms with E-state index in [1.54, 1.807) is 0 Å². The number of furan rings is 1. The van der Waals surface area contributed by atoms with Gasteiger partial charge in [0.2, 0.25) is 5.71 Å². The van der Waals surface area contributed by atoms with Crippen molar-refractivity contribution < 1.29 is 24.5 Å². The minimum atomic E-state index is -1.34. The molecule has 7 rings (SSSR count). The molecule has 0 unspecified atom stereocenters. The van der Waals surface area contributed by atoms with Crippen LogP contribution in [0.5, 0.6) is 0 Å². The first kappa shape index (κ1) is 39.0. The van der Waals surface area contributed by atoms with Gasteiger partial charge in [0.25, 0.3) is 0 Å².